The van der Waals surface area contributed by atoms with Crippen LogP contribution in [0, 0.1) is 0 Å². The summed E-state index contributed by atoms with van der Waals surface area (Å²) in [6.07, 6.45) is 3.99. The number of nitrogens with two attached hydrogens (primary N) is 1. The fraction of sp³-hybridized carbons (Fsp3) is 0.600. The lowest BCUT2D eigenvalue weighted by Gasteiger charge is -2.25. The second kappa shape index (κ2) is 5.70. The van der Waals surface area contributed by atoms with Crippen LogP contribution >= 0.6 is 11.6 Å². The number of hydrogen-bond acceptors (Lipinski definition) is 3. The predicted molar refractivity (Wildman–Crippen MR) is 80.8 cm³/mol. The first kappa shape index (κ1) is 13.2. The Morgan fingerprint density at radius 3 is 2.68 bits per heavy atom. The van der Waals surface area contributed by atoms with E-state index in [0.717, 1.165) is 23.7 Å². The molecule has 0 bridgehead atoms. The Balaban J connectivity index is 1.70. The highest BCUT2D eigenvalue weighted by atomic mass is 35.5. The minimum absolute atomic E-state index is 0.552. The van der Waals surface area contributed by atoms with E-state index in [1.54, 1.807) is 0 Å². The number of likely N-dealkylation sites (tertiary alicyclic amines) is 1. The van der Waals surface area contributed by atoms with Gasteiger partial charge in [0.05, 0.1) is 10.7 Å². The van der Waals surface area contributed by atoms with Gasteiger partial charge in [-0.3, -0.25) is 4.90 Å². The van der Waals surface area contributed by atoms with Crippen molar-refractivity contribution in [3.05, 3.63) is 28.8 Å². The number of anilines is 1. The third-order valence-electron chi connectivity index (χ3n) is 4.41. The molecule has 2 aliphatic heterocycles. The van der Waals surface area contributed by atoms with Gasteiger partial charge in [-0.05, 0) is 50.0 Å². The number of halogens is 1. The van der Waals surface area contributed by atoms with Crippen molar-refractivity contribution in [2.45, 2.75) is 31.8 Å². The maximum atomic E-state index is 6.38. The SMILES string of the molecule is NCc1ccc(N2CCC(N3CCCC3)C2)c(Cl)c1. The van der Waals surface area contributed by atoms with E-state index in [4.69, 9.17) is 17.3 Å². The molecule has 0 amide bonds. The Hall–Kier alpha value is -0.770. The lowest BCUT2D eigenvalue weighted by atomic mass is 10.2. The van der Waals surface area contributed by atoms with Crippen LogP contribution in [0.4, 0.5) is 5.69 Å². The molecule has 2 N–H and O–H groups in total. The van der Waals surface area contributed by atoms with Crippen LogP contribution in [0.5, 0.6) is 0 Å². The van der Waals surface area contributed by atoms with Crippen LogP contribution in [-0.4, -0.2) is 37.1 Å². The molecular weight excluding hydrogens is 258 g/mol. The molecule has 0 spiro atoms. The smallest absolute Gasteiger partial charge is 0.0642 e. The van der Waals surface area contributed by atoms with Gasteiger partial charge in [0.2, 0.25) is 0 Å². The van der Waals surface area contributed by atoms with Crippen molar-refractivity contribution >= 4 is 17.3 Å². The maximum absolute atomic E-state index is 6.38. The number of nitrogens with zero attached hydrogens (tertiary/aromatic N) is 2. The van der Waals surface area contributed by atoms with Crippen LogP contribution in [0.25, 0.3) is 0 Å². The molecule has 2 saturated heterocycles. The van der Waals surface area contributed by atoms with Gasteiger partial charge in [0.15, 0.2) is 0 Å². The van der Waals surface area contributed by atoms with Gasteiger partial charge in [-0.1, -0.05) is 17.7 Å². The van der Waals surface area contributed by atoms with Gasteiger partial charge in [-0.2, -0.15) is 0 Å². The van der Waals surface area contributed by atoms with E-state index in [1.165, 1.54) is 38.0 Å². The second-order valence-corrected chi connectivity index (χ2v) is 6.03. The fourth-order valence-electron chi connectivity index (χ4n) is 3.30. The van der Waals surface area contributed by atoms with Crippen LogP contribution in [0.2, 0.25) is 5.02 Å². The van der Waals surface area contributed by atoms with Gasteiger partial charge in [0, 0.05) is 25.7 Å². The number of rotatable bonds is 3. The van der Waals surface area contributed by atoms with Crippen LogP contribution < -0.4 is 10.6 Å². The molecule has 3 nitrogen and oxygen atoms in total. The Labute approximate surface area is 120 Å². The third kappa shape index (κ3) is 2.73. The lowest BCUT2D eigenvalue weighted by Crippen LogP contribution is -2.35. The first-order chi connectivity index (χ1) is 9.28. The molecule has 2 fully saturated rings. The van der Waals surface area contributed by atoms with E-state index in [9.17, 15) is 0 Å². The molecule has 0 aliphatic carbocycles. The monoisotopic (exact) mass is 279 g/mol. The van der Waals surface area contributed by atoms with E-state index in [0.29, 0.717) is 12.6 Å². The van der Waals surface area contributed by atoms with Gasteiger partial charge in [0.25, 0.3) is 0 Å². The molecule has 1 unspecified atom stereocenters. The Morgan fingerprint density at radius 2 is 2.00 bits per heavy atom. The molecule has 0 radical (unpaired) electrons. The van der Waals surface area contributed by atoms with E-state index in [-0.39, 0.29) is 0 Å². The summed E-state index contributed by atoms with van der Waals surface area (Å²) >= 11 is 6.38. The molecule has 2 aliphatic rings. The van der Waals surface area contributed by atoms with Crippen molar-refractivity contribution in [1.82, 2.24) is 4.90 Å². The second-order valence-electron chi connectivity index (χ2n) is 5.62. The van der Waals surface area contributed by atoms with Crippen molar-refractivity contribution in [2.75, 3.05) is 31.1 Å². The van der Waals surface area contributed by atoms with Gasteiger partial charge in [-0.25, -0.2) is 0 Å². The molecule has 1 aromatic rings. The first-order valence-corrected chi connectivity index (χ1v) is 7.63. The highest BCUT2D eigenvalue weighted by molar-refractivity contribution is 6.33. The number of benzene rings is 1. The van der Waals surface area contributed by atoms with Crippen LogP contribution in [0.1, 0.15) is 24.8 Å². The summed E-state index contributed by atoms with van der Waals surface area (Å²) in [5, 5.41) is 0.838. The van der Waals surface area contributed by atoms with Crippen LogP contribution in [0.15, 0.2) is 18.2 Å². The quantitative estimate of drug-likeness (QED) is 0.923. The molecule has 2 heterocycles. The summed E-state index contributed by atoms with van der Waals surface area (Å²) in [6.45, 7) is 5.33. The van der Waals surface area contributed by atoms with Crippen molar-refractivity contribution < 1.29 is 0 Å². The standard InChI is InChI=1S/C15H22ClN3/c16-14-9-12(10-17)3-4-15(14)19-8-5-13(11-19)18-6-1-2-7-18/h3-4,9,13H,1-2,5-8,10-11,17H2. The zero-order chi connectivity index (χ0) is 13.2. The van der Waals surface area contributed by atoms with Crippen molar-refractivity contribution in [3.8, 4) is 0 Å². The average Bonchev–Trinajstić information content (AvgIpc) is 3.09. The minimum Gasteiger partial charge on any atom is -0.369 e. The average molecular weight is 280 g/mol. The highest BCUT2D eigenvalue weighted by Crippen LogP contribution is 2.31. The zero-order valence-corrected chi connectivity index (χ0v) is 12.1. The molecule has 0 saturated carbocycles. The highest BCUT2D eigenvalue weighted by Gasteiger charge is 2.29. The fourth-order valence-corrected chi connectivity index (χ4v) is 3.62. The van der Waals surface area contributed by atoms with Crippen molar-refractivity contribution in [1.29, 1.82) is 0 Å². The van der Waals surface area contributed by atoms with E-state index in [1.807, 2.05) is 6.07 Å². The van der Waals surface area contributed by atoms with Gasteiger partial charge < -0.3 is 10.6 Å². The maximum Gasteiger partial charge on any atom is 0.0642 e. The third-order valence-corrected chi connectivity index (χ3v) is 4.71. The molecule has 1 aromatic carbocycles. The summed E-state index contributed by atoms with van der Waals surface area (Å²) in [6, 6.07) is 6.93. The Bertz CT molecular complexity index is 443. The first-order valence-electron chi connectivity index (χ1n) is 7.25. The largest absolute Gasteiger partial charge is 0.369 e. The Morgan fingerprint density at radius 1 is 1.21 bits per heavy atom. The summed E-state index contributed by atoms with van der Waals surface area (Å²) in [4.78, 5) is 5.06. The molecule has 3 rings (SSSR count). The molecule has 4 heteroatoms. The van der Waals surface area contributed by atoms with Gasteiger partial charge in [0.1, 0.15) is 0 Å². The zero-order valence-electron chi connectivity index (χ0n) is 11.3. The summed E-state index contributed by atoms with van der Waals surface area (Å²) in [5.41, 5.74) is 7.92. The van der Waals surface area contributed by atoms with Crippen LogP contribution in [-0.2, 0) is 6.54 Å². The van der Waals surface area contributed by atoms with Crippen molar-refractivity contribution in [2.24, 2.45) is 5.73 Å². The van der Waals surface area contributed by atoms with Gasteiger partial charge >= 0.3 is 0 Å². The van der Waals surface area contributed by atoms with E-state index < -0.39 is 0 Å². The lowest BCUT2D eigenvalue weighted by molar-refractivity contribution is 0.260. The molecule has 0 aromatic heterocycles. The summed E-state index contributed by atoms with van der Waals surface area (Å²) in [7, 11) is 0. The molecule has 1 atom stereocenters. The number of hydrogen-bond donors (Lipinski definition) is 1. The molecule has 19 heavy (non-hydrogen) atoms. The molecule has 104 valence electrons. The van der Waals surface area contributed by atoms with Crippen LogP contribution in [0.3, 0.4) is 0 Å². The van der Waals surface area contributed by atoms with E-state index >= 15 is 0 Å². The molecular formula is C15H22ClN3. The normalized spacial score (nSPS) is 24.3. The predicted octanol–water partition coefficient (Wildman–Crippen LogP) is 2.47. The minimum atomic E-state index is 0.552. The van der Waals surface area contributed by atoms with Crippen molar-refractivity contribution in [3.63, 3.8) is 0 Å². The summed E-state index contributed by atoms with van der Waals surface area (Å²) < 4.78 is 0. The van der Waals surface area contributed by atoms with Gasteiger partial charge in [-0.15, -0.1) is 0 Å². The topological polar surface area (TPSA) is 32.5 Å². The van der Waals surface area contributed by atoms with E-state index in [2.05, 4.69) is 21.9 Å². The summed E-state index contributed by atoms with van der Waals surface area (Å²) in [5.74, 6) is 0. The Kier molecular flexibility index (Phi) is 3.96.